The number of urea groups is 1. The molecule has 1 saturated heterocycles. The molecule has 0 bridgehead atoms. The summed E-state index contributed by atoms with van der Waals surface area (Å²) in [6.07, 6.45) is 0. The third-order valence-corrected chi connectivity index (χ3v) is 2.70. The Hall–Kier alpha value is -1.79. The van der Waals surface area contributed by atoms with Gasteiger partial charge in [-0.1, -0.05) is 6.07 Å². The van der Waals surface area contributed by atoms with E-state index in [2.05, 4.69) is 10.6 Å². The van der Waals surface area contributed by atoms with Crippen LogP contribution in [0.3, 0.4) is 0 Å². The molecule has 19 heavy (non-hydrogen) atoms. The zero-order valence-electron chi connectivity index (χ0n) is 10.6. The molecule has 1 fully saturated rings. The molecule has 6 nitrogen and oxygen atoms in total. The van der Waals surface area contributed by atoms with Gasteiger partial charge in [0.1, 0.15) is 0 Å². The highest BCUT2D eigenvalue weighted by molar-refractivity contribution is 5.97. The molecule has 0 aromatic heterocycles. The van der Waals surface area contributed by atoms with E-state index in [0.717, 1.165) is 5.69 Å². The van der Waals surface area contributed by atoms with E-state index in [-0.39, 0.29) is 24.3 Å². The van der Waals surface area contributed by atoms with Crippen molar-refractivity contribution in [2.24, 2.45) is 5.73 Å². The Morgan fingerprint density at radius 1 is 1.53 bits per heavy atom. The first-order valence-electron chi connectivity index (χ1n) is 5.80. The largest absolute Gasteiger partial charge is 0.336 e. The second-order valence-electron chi connectivity index (χ2n) is 4.21. The van der Waals surface area contributed by atoms with Gasteiger partial charge in [0.15, 0.2) is 0 Å². The molecule has 1 aliphatic heterocycles. The maximum Gasteiger partial charge on any atom is 0.321 e. The molecule has 0 aliphatic carbocycles. The summed E-state index contributed by atoms with van der Waals surface area (Å²) in [4.78, 5) is 24.6. The van der Waals surface area contributed by atoms with Crippen molar-refractivity contribution in [3.63, 3.8) is 0 Å². The van der Waals surface area contributed by atoms with Crippen LogP contribution in [0.25, 0.3) is 0 Å². The number of benzene rings is 1. The minimum atomic E-state index is -0.566. The molecule has 1 heterocycles. The first-order chi connectivity index (χ1) is 8.58. The maximum atomic E-state index is 11.5. The number of anilines is 2. The van der Waals surface area contributed by atoms with Crippen molar-refractivity contribution in [2.75, 3.05) is 23.3 Å². The van der Waals surface area contributed by atoms with E-state index in [9.17, 15) is 9.59 Å². The lowest BCUT2D eigenvalue weighted by molar-refractivity contribution is -0.117. The number of nitrogens with one attached hydrogen (secondary N) is 2. The lowest BCUT2D eigenvalue weighted by Gasteiger charge is -2.16. The summed E-state index contributed by atoms with van der Waals surface area (Å²) in [5, 5.41) is 5.42. The average Bonchev–Trinajstić information content (AvgIpc) is 2.75. The van der Waals surface area contributed by atoms with Crippen LogP contribution in [0.4, 0.5) is 16.2 Å². The Balaban J connectivity index is 0.00000180. The van der Waals surface area contributed by atoms with Crippen LogP contribution in [0.1, 0.15) is 6.92 Å². The monoisotopic (exact) mass is 284 g/mol. The molecule has 1 aromatic carbocycles. The zero-order valence-corrected chi connectivity index (χ0v) is 11.4. The van der Waals surface area contributed by atoms with Gasteiger partial charge < -0.3 is 16.4 Å². The van der Waals surface area contributed by atoms with E-state index >= 15 is 0 Å². The van der Waals surface area contributed by atoms with Crippen molar-refractivity contribution in [2.45, 2.75) is 13.0 Å². The minimum Gasteiger partial charge on any atom is -0.336 e. The van der Waals surface area contributed by atoms with Gasteiger partial charge in [0.05, 0.1) is 6.04 Å². The Morgan fingerprint density at radius 2 is 2.26 bits per heavy atom. The summed E-state index contributed by atoms with van der Waals surface area (Å²) >= 11 is 0. The van der Waals surface area contributed by atoms with Gasteiger partial charge >= 0.3 is 6.03 Å². The zero-order chi connectivity index (χ0) is 13.1. The summed E-state index contributed by atoms with van der Waals surface area (Å²) < 4.78 is 0. The number of carbonyl (C=O) groups excluding carboxylic acids is 2. The highest BCUT2D eigenvalue weighted by Crippen LogP contribution is 2.20. The smallest absolute Gasteiger partial charge is 0.321 e. The second kappa shape index (κ2) is 6.40. The molecule has 1 aliphatic rings. The molecule has 0 saturated carbocycles. The van der Waals surface area contributed by atoms with E-state index in [1.54, 1.807) is 30.0 Å². The Labute approximate surface area is 117 Å². The summed E-state index contributed by atoms with van der Waals surface area (Å²) in [5.74, 6) is -0.252. The second-order valence-corrected chi connectivity index (χ2v) is 4.21. The Kier molecular flexibility index (Phi) is 5.14. The molecule has 0 radical (unpaired) electrons. The topological polar surface area (TPSA) is 87.5 Å². The number of nitrogens with two attached hydrogens (primary N) is 1. The first-order valence-corrected chi connectivity index (χ1v) is 5.80. The predicted molar refractivity (Wildman–Crippen MR) is 76.7 cm³/mol. The number of rotatable bonds is 3. The Bertz CT molecular complexity index is 479. The van der Waals surface area contributed by atoms with E-state index < -0.39 is 6.04 Å². The number of nitrogens with zero attached hydrogens (tertiary/aromatic N) is 1. The summed E-state index contributed by atoms with van der Waals surface area (Å²) in [6, 6.07) is 6.45. The van der Waals surface area contributed by atoms with Crippen LogP contribution < -0.4 is 21.3 Å². The maximum absolute atomic E-state index is 11.5. The number of hydrogen-bond donors (Lipinski definition) is 3. The lowest BCUT2D eigenvalue weighted by atomic mass is 10.2. The van der Waals surface area contributed by atoms with Crippen LogP contribution in [0.5, 0.6) is 0 Å². The van der Waals surface area contributed by atoms with Crippen molar-refractivity contribution >= 4 is 35.7 Å². The quantitative estimate of drug-likeness (QED) is 0.771. The van der Waals surface area contributed by atoms with Crippen molar-refractivity contribution in [3.05, 3.63) is 24.3 Å². The average molecular weight is 285 g/mol. The van der Waals surface area contributed by atoms with Crippen LogP contribution in [-0.4, -0.2) is 31.1 Å². The minimum absolute atomic E-state index is 0. The van der Waals surface area contributed by atoms with E-state index in [4.69, 9.17) is 5.73 Å². The van der Waals surface area contributed by atoms with Crippen LogP contribution in [0, 0.1) is 0 Å². The van der Waals surface area contributed by atoms with Gasteiger partial charge in [0.25, 0.3) is 0 Å². The fourth-order valence-corrected chi connectivity index (χ4v) is 1.73. The predicted octanol–water partition coefficient (Wildman–Crippen LogP) is 0.924. The molecular formula is C12H17ClN4O2. The Morgan fingerprint density at radius 3 is 2.84 bits per heavy atom. The van der Waals surface area contributed by atoms with Gasteiger partial charge in [-0.2, -0.15) is 0 Å². The highest BCUT2D eigenvalue weighted by Gasteiger charge is 2.21. The number of amides is 3. The number of carbonyl (C=O) groups is 2. The first kappa shape index (κ1) is 15.3. The van der Waals surface area contributed by atoms with Crippen LogP contribution in [0.15, 0.2) is 24.3 Å². The molecular weight excluding hydrogens is 268 g/mol. The summed E-state index contributed by atoms with van der Waals surface area (Å²) in [5.41, 5.74) is 6.87. The molecule has 1 atom stereocenters. The number of halogens is 1. The molecule has 2 rings (SSSR count). The SMILES string of the molecule is C[C@@H](N)C(=O)Nc1cccc(N2CCNC2=O)c1.Cl. The highest BCUT2D eigenvalue weighted by atomic mass is 35.5. The van der Waals surface area contributed by atoms with E-state index in [1.807, 2.05) is 6.07 Å². The lowest BCUT2D eigenvalue weighted by Crippen LogP contribution is -2.32. The third kappa shape index (κ3) is 3.59. The van der Waals surface area contributed by atoms with Gasteiger partial charge in [-0.3, -0.25) is 9.69 Å². The van der Waals surface area contributed by atoms with E-state index in [0.29, 0.717) is 18.8 Å². The van der Waals surface area contributed by atoms with Crippen molar-refractivity contribution in [1.29, 1.82) is 0 Å². The van der Waals surface area contributed by atoms with Crippen LogP contribution in [0.2, 0.25) is 0 Å². The number of hydrogen-bond acceptors (Lipinski definition) is 3. The fraction of sp³-hybridized carbons (Fsp3) is 0.333. The molecule has 3 amide bonds. The molecule has 4 N–H and O–H groups in total. The van der Waals surface area contributed by atoms with Crippen molar-refractivity contribution in [1.82, 2.24) is 5.32 Å². The van der Waals surface area contributed by atoms with Gasteiger partial charge in [0.2, 0.25) is 5.91 Å². The van der Waals surface area contributed by atoms with Crippen LogP contribution in [-0.2, 0) is 4.79 Å². The van der Waals surface area contributed by atoms with Crippen LogP contribution >= 0.6 is 12.4 Å². The third-order valence-electron chi connectivity index (χ3n) is 2.70. The molecule has 0 unspecified atom stereocenters. The van der Waals surface area contributed by atoms with Gasteiger partial charge in [-0.25, -0.2) is 4.79 Å². The van der Waals surface area contributed by atoms with Crippen molar-refractivity contribution < 1.29 is 9.59 Å². The summed E-state index contributed by atoms with van der Waals surface area (Å²) in [7, 11) is 0. The fourth-order valence-electron chi connectivity index (χ4n) is 1.73. The van der Waals surface area contributed by atoms with Gasteiger partial charge in [0, 0.05) is 24.5 Å². The molecule has 1 aromatic rings. The summed E-state index contributed by atoms with van der Waals surface area (Å²) in [6.45, 7) is 2.88. The van der Waals surface area contributed by atoms with Gasteiger partial charge in [-0.15, -0.1) is 12.4 Å². The molecule has 7 heteroatoms. The van der Waals surface area contributed by atoms with Crippen molar-refractivity contribution in [3.8, 4) is 0 Å². The normalized spacial score (nSPS) is 15.5. The van der Waals surface area contributed by atoms with Gasteiger partial charge in [-0.05, 0) is 25.1 Å². The van der Waals surface area contributed by atoms with E-state index in [1.165, 1.54) is 0 Å². The molecule has 0 spiro atoms. The standard InChI is InChI=1S/C12H16N4O2.ClH/c1-8(13)11(17)15-9-3-2-4-10(7-9)16-6-5-14-12(16)18;/h2-4,7-8H,5-6,13H2,1H3,(H,14,18)(H,15,17);1H/t8-;/m1./s1. The molecule has 104 valence electrons.